The summed E-state index contributed by atoms with van der Waals surface area (Å²) in [6.45, 7) is 8.32. The van der Waals surface area contributed by atoms with Crippen molar-refractivity contribution in [3.63, 3.8) is 0 Å². The van der Waals surface area contributed by atoms with Crippen LogP contribution < -0.4 is 0 Å². The van der Waals surface area contributed by atoms with E-state index in [-0.39, 0.29) is 0 Å². The number of rotatable bonds is 4. The smallest absolute Gasteiger partial charge is 0.196 e. The lowest BCUT2D eigenvalue weighted by molar-refractivity contribution is 1.17. The van der Waals surface area contributed by atoms with Crippen molar-refractivity contribution in [2.45, 2.75) is 0 Å². The first-order valence-corrected chi connectivity index (χ1v) is 18.3. The van der Waals surface area contributed by atoms with Crippen LogP contribution in [0.2, 0.25) is 0 Å². The van der Waals surface area contributed by atoms with Crippen molar-refractivity contribution in [3.05, 3.63) is 193 Å². The molecule has 3 heterocycles. The number of hydrogen-bond donors (Lipinski definition) is 0. The molecule has 11 aromatic rings. The second-order valence-electron chi connectivity index (χ2n) is 13.9. The Balaban J connectivity index is 1.16. The first kappa shape index (κ1) is 30.7. The van der Waals surface area contributed by atoms with Gasteiger partial charge in [-0.1, -0.05) is 115 Å². The summed E-state index contributed by atoms with van der Waals surface area (Å²) in [4.78, 5) is 4.07. The summed E-state index contributed by atoms with van der Waals surface area (Å²) in [6.07, 6.45) is 0. The topological polar surface area (TPSA) is 42.9 Å². The van der Waals surface area contributed by atoms with Gasteiger partial charge >= 0.3 is 0 Å². The summed E-state index contributed by atoms with van der Waals surface area (Å²) in [5.74, 6) is 0. The van der Waals surface area contributed by atoms with Crippen LogP contribution in [-0.4, -0.2) is 13.7 Å². The fourth-order valence-electron chi connectivity index (χ4n) is 8.89. The molecule has 0 fully saturated rings. The molecule has 0 saturated heterocycles. The molecule has 0 aliphatic carbocycles. The van der Waals surface area contributed by atoms with Crippen LogP contribution in [0.4, 0.5) is 5.69 Å². The maximum Gasteiger partial charge on any atom is 0.196 e. The lowest BCUT2D eigenvalue weighted by Crippen LogP contribution is -1.99. The third kappa shape index (κ3) is 4.33. The Labute approximate surface area is 316 Å². The van der Waals surface area contributed by atoms with Gasteiger partial charge in [-0.25, -0.2) is 4.85 Å². The first-order chi connectivity index (χ1) is 27.2. The van der Waals surface area contributed by atoms with Gasteiger partial charge in [0, 0.05) is 49.3 Å². The molecule has 3 aromatic heterocycles. The molecule has 5 nitrogen and oxygen atoms in total. The molecule has 8 aromatic carbocycles. The summed E-state index contributed by atoms with van der Waals surface area (Å²) in [5, 5.41) is 17.0. The molecule has 0 atom stereocenters. The maximum atomic E-state index is 10.1. The lowest BCUT2D eigenvalue weighted by atomic mass is 10.0. The third-order valence-electron chi connectivity index (χ3n) is 11.1. The van der Waals surface area contributed by atoms with Gasteiger partial charge in [-0.3, -0.25) is 0 Å². The van der Waals surface area contributed by atoms with Gasteiger partial charge in [0.25, 0.3) is 0 Å². The lowest BCUT2D eigenvalue weighted by Gasteiger charge is -2.17. The third-order valence-corrected chi connectivity index (χ3v) is 11.1. The van der Waals surface area contributed by atoms with E-state index in [0.29, 0.717) is 11.3 Å². The van der Waals surface area contributed by atoms with Gasteiger partial charge in [-0.05, 0) is 66.2 Å². The SMILES string of the molecule is [C-]#[N+]c1cccc(-n2c3ccccc3c3c(-n4c5ccccc5c5ccccc54)cccc32)c1-c1ccc(-n2c3ccccc3c3cccc(C#N)c32)cc1. The normalized spacial score (nSPS) is 11.6. The number of para-hydroxylation sites is 5. The van der Waals surface area contributed by atoms with Crippen molar-refractivity contribution in [1.29, 1.82) is 5.26 Å². The van der Waals surface area contributed by atoms with E-state index in [2.05, 4.69) is 164 Å². The summed E-state index contributed by atoms with van der Waals surface area (Å²) in [5.41, 5.74) is 12.4. The highest BCUT2D eigenvalue weighted by molar-refractivity contribution is 6.17. The second-order valence-corrected chi connectivity index (χ2v) is 13.9. The highest BCUT2D eigenvalue weighted by Gasteiger charge is 2.22. The Kier molecular flexibility index (Phi) is 6.61. The quantitative estimate of drug-likeness (QED) is 0.169. The van der Waals surface area contributed by atoms with Crippen molar-refractivity contribution in [3.8, 4) is 34.3 Å². The first-order valence-electron chi connectivity index (χ1n) is 18.3. The predicted octanol–water partition coefficient (Wildman–Crippen LogP) is 13.1. The van der Waals surface area contributed by atoms with E-state index in [1.807, 2.05) is 36.4 Å². The van der Waals surface area contributed by atoms with Gasteiger partial charge in [0.1, 0.15) is 6.07 Å². The molecule has 55 heavy (non-hydrogen) atoms. The standard InChI is InChI=1S/C50H29N5/c1-52-40-19-11-24-45(48(40)32-27-29-34(30-28-32)53-41-20-6-4-16-37(41)38-18-10-13-33(31-51)50(38)53)55-44-23-9-5-17-39(44)49-46(25-12-26-47(49)55)54-42-21-7-2-14-35(42)36-15-3-8-22-43(36)54/h2-30H. The number of fused-ring (bicyclic) bond motifs is 9. The van der Waals surface area contributed by atoms with Crippen molar-refractivity contribution in [2.24, 2.45) is 0 Å². The fraction of sp³-hybridized carbons (Fsp3) is 0. The van der Waals surface area contributed by atoms with E-state index in [1.54, 1.807) is 0 Å². The van der Waals surface area contributed by atoms with E-state index in [9.17, 15) is 5.26 Å². The molecule has 11 rings (SSSR count). The molecular weight excluding hydrogens is 671 g/mol. The van der Waals surface area contributed by atoms with E-state index in [0.717, 1.165) is 82.8 Å². The van der Waals surface area contributed by atoms with Gasteiger partial charge in [0.2, 0.25) is 0 Å². The van der Waals surface area contributed by atoms with E-state index in [4.69, 9.17) is 6.57 Å². The molecule has 0 bridgehead atoms. The van der Waals surface area contributed by atoms with Gasteiger partial charge in [-0.2, -0.15) is 5.26 Å². The van der Waals surface area contributed by atoms with Gasteiger partial charge in [0.05, 0.1) is 50.9 Å². The van der Waals surface area contributed by atoms with Crippen LogP contribution >= 0.6 is 0 Å². The highest BCUT2D eigenvalue weighted by atomic mass is 15.0. The van der Waals surface area contributed by atoms with Gasteiger partial charge in [-0.15, -0.1) is 0 Å². The molecule has 0 saturated carbocycles. The summed E-state index contributed by atoms with van der Waals surface area (Å²) < 4.78 is 6.90. The van der Waals surface area contributed by atoms with Crippen molar-refractivity contribution >= 4 is 71.1 Å². The summed E-state index contributed by atoms with van der Waals surface area (Å²) in [6, 6.07) is 63.4. The Morgan fingerprint density at radius 3 is 1.58 bits per heavy atom. The number of nitriles is 1. The van der Waals surface area contributed by atoms with Crippen LogP contribution in [-0.2, 0) is 0 Å². The molecule has 0 spiro atoms. The molecule has 5 heteroatoms. The fourth-order valence-corrected chi connectivity index (χ4v) is 8.89. The zero-order valence-corrected chi connectivity index (χ0v) is 29.5. The number of hydrogen-bond acceptors (Lipinski definition) is 1. The Morgan fingerprint density at radius 2 is 0.927 bits per heavy atom. The molecule has 0 radical (unpaired) electrons. The highest BCUT2D eigenvalue weighted by Crippen LogP contribution is 2.44. The Bertz CT molecular complexity index is 3400. The van der Waals surface area contributed by atoms with Crippen LogP contribution in [0.1, 0.15) is 5.56 Å². The number of benzene rings is 8. The van der Waals surface area contributed by atoms with Crippen molar-refractivity contribution in [1.82, 2.24) is 13.7 Å². The largest absolute Gasteiger partial charge is 0.310 e. The monoisotopic (exact) mass is 699 g/mol. The zero-order chi connectivity index (χ0) is 36.6. The molecular formula is C50H29N5. The van der Waals surface area contributed by atoms with Crippen molar-refractivity contribution in [2.75, 3.05) is 0 Å². The van der Waals surface area contributed by atoms with Crippen LogP contribution in [0, 0.1) is 17.9 Å². The second kappa shape index (κ2) is 11.8. The maximum absolute atomic E-state index is 10.1. The summed E-state index contributed by atoms with van der Waals surface area (Å²) >= 11 is 0. The van der Waals surface area contributed by atoms with Gasteiger partial charge in [0.15, 0.2) is 5.69 Å². The molecule has 0 amide bonds. The van der Waals surface area contributed by atoms with E-state index in [1.165, 1.54) is 10.8 Å². The Hall–Kier alpha value is -7.86. The van der Waals surface area contributed by atoms with Gasteiger partial charge < -0.3 is 13.7 Å². The van der Waals surface area contributed by atoms with Crippen LogP contribution in [0.5, 0.6) is 0 Å². The minimum atomic E-state index is 0.582. The predicted molar refractivity (Wildman–Crippen MR) is 226 cm³/mol. The van der Waals surface area contributed by atoms with Crippen LogP contribution in [0.15, 0.2) is 176 Å². The minimum Gasteiger partial charge on any atom is -0.310 e. The van der Waals surface area contributed by atoms with Crippen LogP contribution in [0.25, 0.3) is 98.5 Å². The molecule has 0 aliphatic heterocycles. The van der Waals surface area contributed by atoms with E-state index >= 15 is 0 Å². The molecule has 0 N–H and O–H groups in total. The average Bonchev–Trinajstić information content (AvgIpc) is 3.89. The zero-order valence-electron chi connectivity index (χ0n) is 29.5. The molecule has 254 valence electrons. The average molecular weight is 700 g/mol. The number of aromatic nitrogens is 3. The Morgan fingerprint density at radius 1 is 0.436 bits per heavy atom. The molecule has 0 unspecified atom stereocenters. The van der Waals surface area contributed by atoms with Crippen LogP contribution in [0.3, 0.4) is 0 Å². The van der Waals surface area contributed by atoms with E-state index < -0.39 is 0 Å². The molecule has 0 aliphatic rings. The summed E-state index contributed by atoms with van der Waals surface area (Å²) in [7, 11) is 0. The minimum absolute atomic E-state index is 0.582. The number of nitrogens with zero attached hydrogens (tertiary/aromatic N) is 5. The van der Waals surface area contributed by atoms with Crippen molar-refractivity contribution < 1.29 is 0 Å².